The van der Waals surface area contributed by atoms with E-state index in [-0.39, 0.29) is 5.38 Å². The number of rotatable bonds is 4. The maximum Gasteiger partial charge on any atom is 0.160 e. The summed E-state index contributed by atoms with van der Waals surface area (Å²) in [4.78, 5) is 9.21. The van der Waals surface area contributed by atoms with Crippen LogP contribution in [0.4, 0.5) is 0 Å². The van der Waals surface area contributed by atoms with Crippen molar-refractivity contribution < 1.29 is 0 Å². The van der Waals surface area contributed by atoms with E-state index in [0.717, 1.165) is 29.5 Å². The molecule has 1 aliphatic rings. The van der Waals surface area contributed by atoms with Gasteiger partial charge in [-0.3, -0.25) is 0 Å². The number of pyridine rings is 1. The van der Waals surface area contributed by atoms with E-state index >= 15 is 0 Å². The van der Waals surface area contributed by atoms with Crippen molar-refractivity contribution in [3.05, 3.63) is 23.7 Å². The Morgan fingerprint density at radius 3 is 2.89 bits per heavy atom. The minimum Gasteiger partial charge on any atom is -0.311 e. The van der Waals surface area contributed by atoms with E-state index in [9.17, 15) is 0 Å². The lowest BCUT2D eigenvalue weighted by Gasteiger charge is -2.25. The molecule has 102 valence electrons. The summed E-state index contributed by atoms with van der Waals surface area (Å²) in [7, 11) is 0. The van der Waals surface area contributed by atoms with Crippen LogP contribution in [0.25, 0.3) is 11.2 Å². The fraction of sp³-hybridized carbons (Fsp3) is 0.600. The second-order valence-corrected chi connectivity index (χ2v) is 6.28. The van der Waals surface area contributed by atoms with Gasteiger partial charge in [-0.25, -0.2) is 9.97 Å². The second kappa shape index (κ2) is 5.12. The Morgan fingerprint density at radius 2 is 2.26 bits per heavy atom. The first-order chi connectivity index (χ1) is 9.16. The van der Waals surface area contributed by atoms with Crippen LogP contribution in [0.15, 0.2) is 12.3 Å². The fourth-order valence-corrected chi connectivity index (χ4v) is 2.94. The highest BCUT2D eigenvalue weighted by Gasteiger charge is 2.21. The Hall–Kier alpha value is -1.09. The minimum atomic E-state index is -0.0741. The largest absolute Gasteiger partial charge is 0.311 e. The first kappa shape index (κ1) is 12.9. The minimum absolute atomic E-state index is 0.0741. The van der Waals surface area contributed by atoms with Gasteiger partial charge in [0, 0.05) is 12.7 Å². The molecule has 2 heterocycles. The molecule has 0 aliphatic heterocycles. The maximum atomic E-state index is 6.28. The summed E-state index contributed by atoms with van der Waals surface area (Å²) in [6.45, 7) is 5.05. The topological polar surface area (TPSA) is 30.7 Å². The molecule has 2 aromatic heterocycles. The van der Waals surface area contributed by atoms with E-state index in [1.165, 1.54) is 31.2 Å². The van der Waals surface area contributed by atoms with Gasteiger partial charge in [0.05, 0.1) is 5.38 Å². The van der Waals surface area contributed by atoms with Crippen LogP contribution in [0.5, 0.6) is 0 Å². The predicted molar refractivity (Wildman–Crippen MR) is 78.5 cm³/mol. The third kappa shape index (κ3) is 2.36. The number of hydrogen-bond donors (Lipinski definition) is 0. The van der Waals surface area contributed by atoms with E-state index in [0.29, 0.717) is 0 Å². The monoisotopic (exact) mass is 277 g/mol. The van der Waals surface area contributed by atoms with Crippen molar-refractivity contribution in [1.82, 2.24) is 14.5 Å². The zero-order valence-corrected chi connectivity index (χ0v) is 12.3. The third-order valence-electron chi connectivity index (χ3n) is 4.21. The molecule has 1 saturated carbocycles. The van der Waals surface area contributed by atoms with Gasteiger partial charge in [0.2, 0.25) is 0 Å². The molecule has 1 fully saturated rings. The lowest BCUT2D eigenvalue weighted by Crippen LogP contribution is -2.15. The summed E-state index contributed by atoms with van der Waals surface area (Å²) in [5.41, 5.74) is 3.16. The van der Waals surface area contributed by atoms with Crippen LogP contribution in [-0.2, 0) is 6.54 Å². The van der Waals surface area contributed by atoms with Crippen LogP contribution in [0.3, 0.4) is 0 Å². The average Bonchev–Trinajstić information content (AvgIpc) is 2.68. The van der Waals surface area contributed by atoms with Gasteiger partial charge in [-0.2, -0.15) is 0 Å². The molecule has 3 nitrogen and oxygen atoms in total. The molecule has 0 radical (unpaired) electrons. The molecule has 1 atom stereocenters. The number of aryl methyl sites for hydroxylation is 2. The molecule has 2 aromatic rings. The molecule has 0 aromatic carbocycles. The van der Waals surface area contributed by atoms with E-state index < -0.39 is 0 Å². The van der Waals surface area contributed by atoms with Gasteiger partial charge in [0.25, 0.3) is 0 Å². The van der Waals surface area contributed by atoms with Gasteiger partial charge >= 0.3 is 0 Å². The van der Waals surface area contributed by atoms with Gasteiger partial charge in [-0.15, -0.1) is 11.6 Å². The Balaban J connectivity index is 1.98. The third-order valence-corrected chi connectivity index (χ3v) is 4.40. The molecule has 0 saturated heterocycles. The van der Waals surface area contributed by atoms with E-state index in [1.807, 2.05) is 19.2 Å². The van der Waals surface area contributed by atoms with Crippen molar-refractivity contribution in [2.45, 2.75) is 51.5 Å². The van der Waals surface area contributed by atoms with Gasteiger partial charge in [-0.05, 0) is 37.8 Å². The zero-order valence-electron chi connectivity index (χ0n) is 11.6. The summed E-state index contributed by atoms with van der Waals surface area (Å²) >= 11 is 6.28. The van der Waals surface area contributed by atoms with Crippen LogP contribution in [0.1, 0.15) is 49.4 Å². The first-order valence-electron chi connectivity index (χ1n) is 7.12. The Kier molecular flexibility index (Phi) is 3.48. The van der Waals surface area contributed by atoms with Crippen molar-refractivity contribution in [3.8, 4) is 0 Å². The summed E-state index contributed by atoms with van der Waals surface area (Å²) in [6.07, 6.45) is 7.24. The molecule has 1 unspecified atom stereocenters. The van der Waals surface area contributed by atoms with Crippen LogP contribution in [0.2, 0.25) is 0 Å². The molecule has 4 heteroatoms. The van der Waals surface area contributed by atoms with Crippen molar-refractivity contribution in [3.63, 3.8) is 0 Å². The molecule has 0 spiro atoms. The molecular weight excluding hydrogens is 258 g/mol. The quantitative estimate of drug-likeness (QED) is 0.783. The number of fused-ring (bicyclic) bond motifs is 1. The number of halogens is 1. The highest BCUT2D eigenvalue weighted by atomic mass is 35.5. The molecule has 0 N–H and O–H groups in total. The van der Waals surface area contributed by atoms with Gasteiger partial charge < -0.3 is 4.57 Å². The normalized spacial score (nSPS) is 17.6. The lowest BCUT2D eigenvalue weighted by atomic mass is 9.83. The summed E-state index contributed by atoms with van der Waals surface area (Å²) in [5, 5.41) is -0.0741. The molecule has 0 amide bonds. The number of hydrogen-bond acceptors (Lipinski definition) is 2. The fourth-order valence-electron chi connectivity index (χ4n) is 2.77. The van der Waals surface area contributed by atoms with Crippen molar-refractivity contribution in [2.24, 2.45) is 5.92 Å². The average molecular weight is 278 g/mol. The van der Waals surface area contributed by atoms with Crippen LogP contribution in [0, 0.1) is 12.8 Å². The van der Waals surface area contributed by atoms with E-state index in [4.69, 9.17) is 16.6 Å². The van der Waals surface area contributed by atoms with E-state index in [1.54, 1.807) is 0 Å². The summed E-state index contributed by atoms with van der Waals surface area (Å²) in [6, 6.07) is 2.01. The van der Waals surface area contributed by atoms with Crippen molar-refractivity contribution in [2.75, 3.05) is 0 Å². The Labute approximate surface area is 119 Å². The zero-order chi connectivity index (χ0) is 13.4. The Bertz CT molecular complexity index is 584. The number of alkyl halides is 1. The van der Waals surface area contributed by atoms with Gasteiger partial charge in [0.1, 0.15) is 11.3 Å². The van der Waals surface area contributed by atoms with Gasteiger partial charge in [0.15, 0.2) is 5.65 Å². The first-order valence-corrected chi connectivity index (χ1v) is 7.56. The van der Waals surface area contributed by atoms with Crippen LogP contribution >= 0.6 is 11.6 Å². The smallest absolute Gasteiger partial charge is 0.160 e. The molecule has 0 bridgehead atoms. The predicted octanol–water partition coefficient (Wildman–Crippen LogP) is 4.23. The lowest BCUT2D eigenvalue weighted by molar-refractivity contribution is 0.282. The van der Waals surface area contributed by atoms with E-state index in [2.05, 4.69) is 16.5 Å². The second-order valence-electron chi connectivity index (χ2n) is 5.62. The number of nitrogens with zero attached hydrogens (tertiary/aromatic N) is 3. The molecule has 3 rings (SSSR count). The summed E-state index contributed by atoms with van der Waals surface area (Å²) in [5.74, 6) is 1.85. The summed E-state index contributed by atoms with van der Waals surface area (Å²) < 4.78 is 2.22. The maximum absolute atomic E-state index is 6.28. The van der Waals surface area contributed by atoms with Crippen molar-refractivity contribution in [1.29, 1.82) is 0 Å². The van der Waals surface area contributed by atoms with Crippen molar-refractivity contribution >= 4 is 22.8 Å². The van der Waals surface area contributed by atoms with Gasteiger partial charge in [-0.1, -0.05) is 19.3 Å². The highest BCUT2D eigenvalue weighted by molar-refractivity contribution is 6.20. The number of imidazole rings is 1. The molecular formula is C15H20ClN3. The number of aromatic nitrogens is 3. The van der Waals surface area contributed by atoms with Crippen LogP contribution in [-0.4, -0.2) is 14.5 Å². The van der Waals surface area contributed by atoms with Crippen LogP contribution < -0.4 is 0 Å². The molecule has 19 heavy (non-hydrogen) atoms. The Morgan fingerprint density at radius 1 is 1.47 bits per heavy atom. The SMILES string of the molecule is Cc1ccnc2c1nc(C(C)Cl)n2CCC1CCC1. The standard InChI is InChI=1S/C15H20ClN3/c1-10-6-8-17-15-13(10)18-14(11(2)16)19(15)9-7-12-4-3-5-12/h6,8,11-12H,3-5,7,9H2,1-2H3. The molecule has 1 aliphatic carbocycles. The highest BCUT2D eigenvalue weighted by Crippen LogP contribution is 2.31.